The van der Waals surface area contributed by atoms with E-state index in [2.05, 4.69) is 14.7 Å². The highest BCUT2D eigenvalue weighted by Crippen LogP contribution is 2.30. The molecular weight excluding hydrogens is 384 g/mol. The van der Waals surface area contributed by atoms with Crippen molar-refractivity contribution in [2.75, 3.05) is 5.73 Å². The first-order chi connectivity index (χ1) is 10.5. The van der Waals surface area contributed by atoms with Crippen molar-refractivity contribution in [3.8, 4) is 0 Å². The van der Waals surface area contributed by atoms with Gasteiger partial charge in [0.1, 0.15) is 0 Å². The van der Waals surface area contributed by atoms with E-state index in [1.54, 1.807) is 0 Å². The Balaban J connectivity index is 2.18. The number of nitrogens with two attached hydrogens (primary N) is 1. The monoisotopic (exact) mass is 390 g/mol. The summed E-state index contributed by atoms with van der Waals surface area (Å²) in [7, 11) is -4.13. The molecule has 1 aromatic carbocycles. The molecule has 2 aromatic rings. The van der Waals surface area contributed by atoms with Crippen LogP contribution in [0.4, 0.5) is 18.9 Å². The van der Waals surface area contributed by atoms with Gasteiger partial charge in [-0.15, -0.1) is 0 Å². The molecular formula is C10H7Cl2F3N4O3S. The molecule has 126 valence electrons. The fraction of sp³-hybridized carbons (Fsp3) is 0.200. The third kappa shape index (κ3) is 4.05. The zero-order chi connectivity index (χ0) is 17.4. The average molecular weight is 391 g/mol. The van der Waals surface area contributed by atoms with E-state index in [1.165, 1.54) is 0 Å². The molecule has 0 aliphatic heterocycles. The first kappa shape index (κ1) is 17.8. The van der Waals surface area contributed by atoms with E-state index in [4.69, 9.17) is 28.9 Å². The topological polar surface area (TPSA) is 111 Å². The lowest BCUT2D eigenvalue weighted by atomic mass is 10.3. The molecule has 0 bridgehead atoms. The number of sulfonamides is 1. The van der Waals surface area contributed by atoms with Crippen molar-refractivity contribution in [1.82, 2.24) is 14.9 Å². The zero-order valence-corrected chi connectivity index (χ0v) is 13.2. The largest absolute Gasteiger partial charge is 0.455 e. The Labute approximate surface area is 137 Å². The molecule has 0 unspecified atom stereocenters. The number of nitrogen functional groups attached to an aromatic ring is 1. The van der Waals surface area contributed by atoms with Crippen LogP contribution in [-0.2, 0) is 22.7 Å². The van der Waals surface area contributed by atoms with E-state index >= 15 is 0 Å². The van der Waals surface area contributed by atoms with Gasteiger partial charge < -0.3 is 10.3 Å². The zero-order valence-electron chi connectivity index (χ0n) is 10.9. The summed E-state index contributed by atoms with van der Waals surface area (Å²) in [4.78, 5) is 2.70. The van der Waals surface area contributed by atoms with Crippen LogP contribution in [0.3, 0.4) is 0 Å². The minimum atomic E-state index is -4.79. The second kappa shape index (κ2) is 6.15. The Kier molecular flexibility index (Phi) is 4.76. The van der Waals surface area contributed by atoms with Crippen LogP contribution in [-0.4, -0.2) is 18.6 Å². The van der Waals surface area contributed by atoms with E-state index in [0.29, 0.717) is 0 Å². The number of halogens is 5. The molecule has 0 aliphatic rings. The van der Waals surface area contributed by atoms with Crippen LogP contribution in [0.15, 0.2) is 21.6 Å². The lowest BCUT2D eigenvalue weighted by Gasteiger charge is -2.08. The normalized spacial score (nSPS) is 12.6. The molecule has 0 aliphatic carbocycles. The van der Waals surface area contributed by atoms with Crippen molar-refractivity contribution in [3.63, 3.8) is 0 Å². The van der Waals surface area contributed by atoms with Crippen LogP contribution in [0.1, 0.15) is 11.7 Å². The van der Waals surface area contributed by atoms with Crippen molar-refractivity contribution in [2.45, 2.75) is 17.6 Å². The van der Waals surface area contributed by atoms with Gasteiger partial charge in [-0.2, -0.15) is 18.2 Å². The number of nitrogens with one attached hydrogen (secondary N) is 1. The highest BCUT2D eigenvalue weighted by molar-refractivity contribution is 7.89. The molecule has 7 nitrogen and oxygen atoms in total. The van der Waals surface area contributed by atoms with Crippen LogP contribution in [0.25, 0.3) is 0 Å². The van der Waals surface area contributed by atoms with Crippen LogP contribution in [0.5, 0.6) is 0 Å². The molecule has 0 saturated carbocycles. The fourth-order valence-electron chi connectivity index (χ4n) is 1.40. The van der Waals surface area contributed by atoms with Gasteiger partial charge in [0.25, 0.3) is 5.82 Å². The maximum absolute atomic E-state index is 12.3. The van der Waals surface area contributed by atoms with Crippen molar-refractivity contribution in [3.05, 3.63) is 33.9 Å². The molecule has 0 radical (unpaired) electrons. The maximum atomic E-state index is 12.3. The number of aromatic nitrogens is 2. The summed E-state index contributed by atoms with van der Waals surface area (Å²) in [6.07, 6.45) is -4.79. The summed E-state index contributed by atoms with van der Waals surface area (Å²) in [6, 6.07) is 2.08. The summed E-state index contributed by atoms with van der Waals surface area (Å²) in [5, 5.41) is 2.52. The summed E-state index contributed by atoms with van der Waals surface area (Å²) in [5.41, 5.74) is 5.48. The van der Waals surface area contributed by atoms with Crippen LogP contribution < -0.4 is 10.5 Å². The second-order valence-corrected chi connectivity index (χ2v) is 6.72. The Morgan fingerprint density at radius 1 is 1.26 bits per heavy atom. The number of alkyl halides is 3. The molecule has 0 amide bonds. The quantitative estimate of drug-likeness (QED) is 0.775. The summed E-state index contributed by atoms with van der Waals surface area (Å²) >= 11 is 11.5. The van der Waals surface area contributed by atoms with Crippen molar-refractivity contribution in [2.24, 2.45) is 0 Å². The van der Waals surface area contributed by atoms with E-state index in [1.807, 2.05) is 4.72 Å². The molecule has 1 heterocycles. The standard InChI is InChI=1S/C10H7Cl2F3N4O3S/c11-5-1-4(2-6(12)8(5)16)23(20,21)17-3-7-18-9(19-22-7)10(13,14)15/h1-2,17H,3,16H2. The van der Waals surface area contributed by atoms with Crippen molar-refractivity contribution in [1.29, 1.82) is 0 Å². The van der Waals surface area contributed by atoms with E-state index in [9.17, 15) is 21.6 Å². The minimum Gasteiger partial charge on any atom is -0.396 e. The molecule has 0 fully saturated rings. The highest BCUT2D eigenvalue weighted by Gasteiger charge is 2.37. The van der Waals surface area contributed by atoms with Gasteiger partial charge in [-0.1, -0.05) is 28.4 Å². The summed E-state index contributed by atoms with van der Waals surface area (Å²) < 4.78 is 67.3. The number of nitrogens with zero attached hydrogens (tertiary/aromatic N) is 2. The number of hydrogen-bond acceptors (Lipinski definition) is 6. The highest BCUT2D eigenvalue weighted by atomic mass is 35.5. The molecule has 2 rings (SSSR count). The number of hydrogen-bond donors (Lipinski definition) is 2. The average Bonchev–Trinajstić information content (AvgIpc) is 2.91. The first-order valence-corrected chi connectivity index (χ1v) is 7.88. The van der Waals surface area contributed by atoms with Crippen molar-refractivity contribution < 1.29 is 26.1 Å². The Morgan fingerprint density at radius 2 is 1.83 bits per heavy atom. The Bertz CT molecular complexity index is 815. The lowest BCUT2D eigenvalue weighted by molar-refractivity contribution is -0.146. The third-order valence-corrected chi connectivity index (χ3v) is 4.50. The Morgan fingerprint density at radius 3 is 2.30 bits per heavy atom. The van der Waals surface area contributed by atoms with Gasteiger partial charge in [-0.3, -0.25) is 0 Å². The predicted molar refractivity (Wildman–Crippen MR) is 74.2 cm³/mol. The van der Waals surface area contributed by atoms with Gasteiger partial charge >= 0.3 is 6.18 Å². The SMILES string of the molecule is Nc1c(Cl)cc(S(=O)(=O)NCc2nc(C(F)(F)F)no2)cc1Cl. The molecule has 1 aromatic heterocycles. The molecule has 0 spiro atoms. The van der Waals surface area contributed by atoms with Crippen LogP contribution in [0.2, 0.25) is 10.0 Å². The van der Waals surface area contributed by atoms with Gasteiger partial charge in [0, 0.05) is 0 Å². The molecule has 0 atom stereocenters. The smallest absolute Gasteiger partial charge is 0.396 e. The van der Waals surface area contributed by atoms with Crippen molar-refractivity contribution >= 4 is 38.9 Å². The van der Waals surface area contributed by atoms with Crippen LogP contribution >= 0.6 is 23.2 Å². The van der Waals surface area contributed by atoms with Gasteiger partial charge in [0.2, 0.25) is 15.9 Å². The summed E-state index contributed by atoms with van der Waals surface area (Å²) in [6.45, 7) is -0.648. The van der Waals surface area contributed by atoms with Gasteiger partial charge in [0.05, 0.1) is 27.2 Å². The Hall–Kier alpha value is -1.56. The molecule has 13 heteroatoms. The third-order valence-electron chi connectivity index (χ3n) is 2.50. The predicted octanol–water partition coefficient (Wildman–Crippen LogP) is 2.46. The second-order valence-electron chi connectivity index (χ2n) is 4.13. The van der Waals surface area contributed by atoms with Gasteiger partial charge in [-0.25, -0.2) is 13.1 Å². The summed E-state index contributed by atoms with van der Waals surface area (Å²) in [5.74, 6) is -2.07. The lowest BCUT2D eigenvalue weighted by Crippen LogP contribution is -2.23. The fourth-order valence-corrected chi connectivity index (χ4v) is 3.04. The number of rotatable bonds is 4. The maximum Gasteiger partial charge on any atom is 0.455 e. The molecule has 0 saturated heterocycles. The van der Waals surface area contributed by atoms with Gasteiger partial charge in [0.15, 0.2) is 0 Å². The molecule has 23 heavy (non-hydrogen) atoms. The first-order valence-electron chi connectivity index (χ1n) is 5.64. The van der Waals surface area contributed by atoms with Gasteiger partial charge in [-0.05, 0) is 12.1 Å². The number of benzene rings is 1. The minimum absolute atomic E-state index is 0.000923. The number of anilines is 1. The van der Waals surface area contributed by atoms with E-state index in [0.717, 1.165) is 12.1 Å². The van der Waals surface area contributed by atoms with E-state index < -0.39 is 34.5 Å². The van der Waals surface area contributed by atoms with Crippen LogP contribution in [0, 0.1) is 0 Å². The molecule has 3 N–H and O–H groups in total. The van der Waals surface area contributed by atoms with E-state index in [-0.39, 0.29) is 20.6 Å².